The number of halogens is 3. The van der Waals surface area contributed by atoms with Gasteiger partial charge in [0.15, 0.2) is 0 Å². The highest BCUT2D eigenvalue weighted by Gasteiger charge is 2.30. The number of pyridine rings is 1. The first-order valence-electron chi connectivity index (χ1n) is 10.5. The predicted molar refractivity (Wildman–Crippen MR) is 114 cm³/mol. The van der Waals surface area contributed by atoms with E-state index in [1.165, 1.54) is 17.7 Å². The summed E-state index contributed by atoms with van der Waals surface area (Å²) < 4.78 is 44.1. The summed E-state index contributed by atoms with van der Waals surface area (Å²) in [4.78, 5) is 19.1. The lowest BCUT2D eigenvalue weighted by molar-refractivity contribution is -0.137. The van der Waals surface area contributed by atoms with Gasteiger partial charge < -0.3 is 9.64 Å². The van der Waals surface area contributed by atoms with Crippen LogP contribution in [-0.4, -0.2) is 28.9 Å². The maximum absolute atomic E-state index is 12.9. The maximum atomic E-state index is 12.9. The molecule has 0 aliphatic carbocycles. The van der Waals surface area contributed by atoms with Crippen LogP contribution in [-0.2, 0) is 12.8 Å². The number of piperidine rings is 1. The van der Waals surface area contributed by atoms with Crippen LogP contribution in [0.4, 0.5) is 13.2 Å². The Morgan fingerprint density at radius 3 is 2.41 bits per heavy atom. The molecule has 0 saturated carbocycles. The molecule has 166 valence electrons. The highest BCUT2D eigenvalue weighted by Crippen LogP contribution is 2.31. The Morgan fingerprint density at radius 2 is 1.69 bits per heavy atom. The Kier molecular flexibility index (Phi) is 6.44. The number of rotatable bonds is 5. The average Bonchev–Trinajstić information content (AvgIpc) is 2.83. The summed E-state index contributed by atoms with van der Waals surface area (Å²) in [6, 6.07) is 20.1. The summed E-state index contributed by atoms with van der Waals surface area (Å²) in [5.41, 5.74) is 1.32. The molecule has 1 aliphatic rings. The monoisotopic (exact) mass is 440 g/mol. The fourth-order valence-electron chi connectivity index (χ4n) is 3.90. The van der Waals surface area contributed by atoms with Gasteiger partial charge in [0.25, 0.3) is 5.91 Å². The Hall–Kier alpha value is -3.35. The Bertz CT molecular complexity index is 1060. The van der Waals surface area contributed by atoms with E-state index in [0.717, 1.165) is 25.0 Å². The van der Waals surface area contributed by atoms with Gasteiger partial charge in [-0.3, -0.25) is 4.79 Å². The minimum absolute atomic E-state index is 0.0293. The van der Waals surface area contributed by atoms with Crippen LogP contribution < -0.4 is 4.74 Å². The molecule has 1 aliphatic heterocycles. The topological polar surface area (TPSA) is 42.4 Å². The number of hydrogen-bond donors (Lipinski definition) is 0. The first-order valence-corrected chi connectivity index (χ1v) is 10.5. The number of likely N-dealkylation sites (tertiary alicyclic amines) is 1. The maximum Gasteiger partial charge on any atom is 0.416 e. The van der Waals surface area contributed by atoms with Crippen molar-refractivity contribution in [2.24, 2.45) is 0 Å². The van der Waals surface area contributed by atoms with Crippen LogP contribution in [0.3, 0.4) is 0 Å². The normalized spacial score (nSPS) is 14.9. The molecule has 1 aromatic heterocycles. The van der Waals surface area contributed by atoms with E-state index >= 15 is 0 Å². The Balaban J connectivity index is 1.36. The average molecular weight is 440 g/mol. The zero-order chi connectivity index (χ0) is 22.6. The van der Waals surface area contributed by atoms with Crippen molar-refractivity contribution >= 4 is 5.91 Å². The van der Waals surface area contributed by atoms with E-state index in [-0.39, 0.29) is 18.3 Å². The molecule has 1 saturated heterocycles. The van der Waals surface area contributed by atoms with Crippen molar-refractivity contribution in [3.8, 4) is 5.75 Å². The van der Waals surface area contributed by atoms with E-state index < -0.39 is 11.7 Å². The van der Waals surface area contributed by atoms with Gasteiger partial charge in [0.05, 0.1) is 11.3 Å². The molecule has 4 rings (SSSR count). The summed E-state index contributed by atoms with van der Waals surface area (Å²) in [6.45, 7) is 1.29. The third kappa shape index (κ3) is 5.28. The number of benzene rings is 2. The largest absolute Gasteiger partial charge is 0.487 e. The summed E-state index contributed by atoms with van der Waals surface area (Å²) in [7, 11) is 0. The second-order valence-electron chi connectivity index (χ2n) is 7.81. The minimum atomic E-state index is -4.43. The van der Waals surface area contributed by atoms with Gasteiger partial charge in [0.2, 0.25) is 0 Å². The van der Waals surface area contributed by atoms with Crippen molar-refractivity contribution in [2.45, 2.75) is 31.5 Å². The standard InChI is InChI=1S/C25H23F3N2O2/c26-25(27,28)20-8-4-10-22(16-20)32-17-21-9-5-11-23(29-21)24(31)30-14-12-19(13-15-30)18-6-2-1-3-7-18/h1-11,16,19H,12-15,17H2. The fourth-order valence-corrected chi connectivity index (χ4v) is 3.90. The number of alkyl halides is 3. The lowest BCUT2D eigenvalue weighted by Crippen LogP contribution is -2.38. The van der Waals surface area contributed by atoms with Crippen molar-refractivity contribution in [1.29, 1.82) is 0 Å². The third-order valence-corrected chi connectivity index (χ3v) is 5.63. The molecule has 1 fully saturated rings. The van der Waals surface area contributed by atoms with E-state index in [1.807, 2.05) is 18.2 Å². The molecule has 2 aromatic carbocycles. The molecule has 1 amide bonds. The fraction of sp³-hybridized carbons (Fsp3) is 0.280. The Labute approximate surface area is 184 Å². The molecular formula is C25H23F3N2O2. The molecule has 0 radical (unpaired) electrons. The third-order valence-electron chi connectivity index (χ3n) is 5.63. The second kappa shape index (κ2) is 9.42. The van der Waals surface area contributed by atoms with Crippen LogP contribution >= 0.6 is 0 Å². The molecule has 0 atom stereocenters. The van der Waals surface area contributed by atoms with Crippen LogP contribution in [0.15, 0.2) is 72.8 Å². The quantitative estimate of drug-likeness (QED) is 0.511. The van der Waals surface area contributed by atoms with Crippen molar-refractivity contribution in [1.82, 2.24) is 9.88 Å². The minimum Gasteiger partial charge on any atom is -0.487 e. The molecule has 0 N–H and O–H groups in total. The zero-order valence-corrected chi connectivity index (χ0v) is 17.4. The molecule has 0 spiro atoms. The molecule has 7 heteroatoms. The van der Waals surface area contributed by atoms with Gasteiger partial charge >= 0.3 is 6.18 Å². The molecule has 2 heterocycles. The van der Waals surface area contributed by atoms with Crippen molar-refractivity contribution in [2.75, 3.05) is 13.1 Å². The smallest absolute Gasteiger partial charge is 0.416 e. The Morgan fingerprint density at radius 1 is 0.969 bits per heavy atom. The van der Waals surface area contributed by atoms with E-state index in [0.29, 0.717) is 30.4 Å². The number of hydrogen-bond acceptors (Lipinski definition) is 3. The molecule has 3 aromatic rings. The van der Waals surface area contributed by atoms with Crippen LogP contribution in [0.1, 0.15) is 46.1 Å². The van der Waals surface area contributed by atoms with Gasteiger partial charge in [-0.1, -0.05) is 42.5 Å². The molecule has 0 unspecified atom stereocenters. The second-order valence-corrected chi connectivity index (χ2v) is 7.81. The number of ether oxygens (including phenoxy) is 1. The van der Waals surface area contributed by atoms with Gasteiger partial charge in [-0.2, -0.15) is 13.2 Å². The first-order chi connectivity index (χ1) is 15.4. The van der Waals surface area contributed by atoms with E-state index in [2.05, 4.69) is 17.1 Å². The van der Waals surface area contributed by atoms with Gasteiger partial charge in [0.1, 0.15) is 18.1 Å². The van der Waals surface area contributed by atoms with E-state index in [4.69, 9.17) is 4.74 Å². The van der Waals surface area contributed by atoms with Crippen LogP contribution in [0.2, 0.25) is 0 Å². The van der Waals surface area contributed by atoms with Crippen molar-refractivity contribution in [3.63, 3.8) is 0 Å². The highest BCUT2D eigenvalue weighted by molar-refractivity contribution is 5.92. The zero-order valence-electron chi connectivity index (χ0n) is 17.4. The molecular weight excluding hydrogens is 417 g/mol. The van der Waals surface area contributed by atoms with Crippen LogP contribution in [0.25, 0.3) is 0 Å². The number of amides is 1. The van der Waals surface area contributed by atoms with Gasteiger partial charge in [0, 0.05) is 13.1 Å². The van der Waals surface area contributed by atoms with Gasteiger partial charge in [-0.25, -0.2) is 4.98 Å². The summed E-state index contributed by atoms with van der Waals surface area (Å²) in [6.07, 6.45) is -2.64. The number of nitrogens with zero attached hydrogens (tertiary/aromatic N) is 2. The van der Waals surface area contributed by atoms with Gasteiger partial charge in [-0.15, -0.1) is 0 Å². The lowest BCUT2D eigenvalue weighted by atomic mass is 9.89. The summed E-state index contributed by atoms with van der Waals surface area (Å²) in [5.74, 6) is 0.402. The van der Waals surface area contributed by atoms with Crippen molar-refractivity contribution in [3.05, 3.63) is 95.3 Å². The number of carbonyl (C=O) groups is 1. The van der Waals surface area contributed by atoms with Crippen LogP contribution in [0.5, 0.6) is 5.75 Å². The van der Waals surface area contributed by atoms with E-state index in [9.17, 15) is 18.0 Å². The number of carbonyl (C=O) groups excluding carboxylic acids is 1. The summed E-state index contributed by atoms with van der Waals surface area (Å²) >= 11 is 0. The molecule has 0 bridgehead atoms. The summed E-state index contributed by atoms with van der Waals surface area (Å²) in [5, 5.41) is 0. The van der Waals surface area contributed by atoms with Crippen LogP contribution in [0, 0.1) is 0 Å². The van der Waals surface area contributed by atoms with Gasteiger partial charge in [-0.05, 0) is 54.7 Å². The number of aromatic nitrogens is 1. The lowest BCUT2D eigenvalue weighted by Gasteiger charge is -2.32. The first kappa shape index (κ1) is 21.9. The SMILES string of the molecule is O=C(c1cccc(COc2cccc(C(F)(F)F)c2)n1)N1CCC(c2ccccc2)CC1. The highest BCUT2D eigenvalue weighted by atomic mass is 19.4. The molecule has 32 heavy (non-hydrogen) atoms. The van der Waals surface area contributed by atoms with Crippen molar-refractivity contribution < 1.29 is 22.7 Å². The predicted octanol–water partition coefficient (Wildman–Crippen LogP) is 5.70. The van der Waals surface area contributed by atoms with E-state index in [1.54, 1.807) is 23.1 Å². The molecule has 4 nitrogen and oxygen atoms in total.